The van der Waals surface area contributed by atoms with Crippen LogP contribution in [-0.2, 0) is 6.42 Å². The van der Waals surface area contributed by atoms with Crippen LogP contribution < -0.4 is 0 Å². The highest BCUT2D eigenvalue weighted by atomic mass is 14.0. The van der Waals surface area contributed by atoms with E-state index in [1.54, 1.807) is 0 Å². The lowest BCUT2D eigenvalue weighted by atomic mass is 10.0. The summed E-state index contributed by atoms with van der Waals surface area (Å²) in [6.07, 6.45) is 29.8. The first-order valence-corrected chi connectivity index (χ1v) is 13.5. The molecule has 2 aromatic rings. The lowest BCUT2D eigenvalue weighted by molar-refractivity contribution is 0.552. The third kappa shape index (κ3) is 12.8. The molecular formula is C31H48. The highest BCUT2D eigenvalue weighted by Crippen LogP contribution is 2.18. The minimum atomic E-state index is 1.23. The van der Waals surface area contributed by atoms with Gasteiger partial charge in [0.25, 0.3) is 0 Å². The second-order valence-electron chi connectivity index (χ2n) is 9.43. The first-order chi connectivity index (χ1) is 15.4. The summed E-state index contributed by atoms with van der Waals surface area (Å²) < 4.78 is 0. The Balaban J connectivity index is 1.32. The molecule has 0 atom stereocenters. The van der Waals surface area contributed by atoms with Crippen LogP contribution in [0, 0.1) is 0 Å². The van der Waals surface area contributed by atoms with E-state index in [1.165, 1.54) is 132 Å². The van der Waals surface area contributed by atoms with Gasteiger partial charge in [-0.2, -0.15) is 0 Å². The van der Waals surface area contributed by atoms with Crippen molar-refractivity contribution in [1.82, 2.24) is 0 Å². The molecule has 0 heteroatoms. The molecule has 31 heavy (non-hydrogen) atoms. The standard InChI is InChI=1S/C31H48/c1-2-3-4-5-6-7-8-9-10-11-12-13-14-15-16-17-18-19-20-23-29-26-27-30-24-21-22-25-31(30)28-29/h8-9,21-22,24-28H,2-7,10-20,23H2,1H3/b9-8+. The minimum Gasteiger partial charge on any atom is -0.0885 e. The van der Waals surface area contributed by atoms with E-state index in [2.05, 4.69) is 61.5 Å². The smallest absolute Gasteiger partial charge is 0.0181 e. The van der Waals surface area contributed by atoms with Gasteiger partial charge in [0.15, 0.2) is 0 Å². The number of benzene rings is 2. The zero-order chi connectivity index (χ0) is 21.8. The SMILES string of the molecule is CCCCCCC/C=C/CCCCCCCCCCCCc1ccc2ccccc2c1. The first kappa shape index (κ1) is 25.7. The van der Waals surface area contributed by atoms with Gasteiger partial charge in [0.1, 0.15) is 0 Å². The maximum absolute atomic E-state index is 2.43. The third-order valence-electron chi connectivity index (χ3n) is 6.54. The fourth-order valence-corrected chi connectivity index (χ4v) is 4.50. The van der Waals surface area contributed by atoms with Gasteiger partial charge in [0.05, 0.1) is 0 Å². The van der Waals surface area contributed by atoms with Crippen molar-refractivity contribution in [1.29, 1.82) is 0 Å². The van der Waals surface area contributed by atoms with Crippen molar-refractivity contribution >= 4 is 10.8 Å². The summed E-state index contributed by atoms with van der Waals surface area (Å²) in [5.74, 6) is 0. The lowest BCUT2D eigenvalue weighted by Gasteiger charge is -2.05. The van der Waals surface area contributed by atoms with Crippen LogP contribution in [0.4, 0.5) is 0 Å². The fraction of sp³-hybridized carbons (Fsp3) is 0.613. The highest BCUT2D eigenvalue weighted by Gasteiger charge is 1.98. The molecule has 0 nitrogen and oxygen atoms in total. The van der Waals surface area contributed by atoms with E-state index in [9.17, 15) is 0 Å². The molecule has 0 radical (unpaired) electrons. The second-order valence-corrected chi connectivity index (χ2v) is 9.43. The summed E-state index contributed by atoms with van der Waals surface area (Å²) in [6.45, 7) is 2.29. The molecule has 0 spiro atoms. The van der Waals surface area contributed by atoms with Gasteiger partial charge in [-0.05, 0) is 54.9 Å². The molecule has 0 N–H and O–H groups in total. The largest absolute Gasteiger partial charge is 0.0885 e. The molecule has 0 aliphatic rings. The van der Waals surface area contributed by atoms with Crippen molar-refractivity contribution in [3.05, 3.63) is 60.2 Å². The molecule has 0 unspecified atom stereocenters. The van der Waals surface area contributed by atoms with Gasteiger partial charge in [-0.25, -0.2) is 0 Å². The Labute approximate surface area is 193 Å². The van der Waals surface area contributed by atoms with E-state index in [1.807, 2.05) is 0 Å². The summed E-state index contributed by atoms with van der Waals surface area (Å²) in [4.78, 5) is 0. The summed E-state index contributed by atoms with van der Waals surface area (Å²) in [7, 11) is 0. The average molecular weight is 421 g/mol. The zero-order valence-electron chi connectivity index (χ0n) is 20.4. The van der Waals surface area contributed by atoms with Gasteiger partial charge in [-0.1, -0.05) is 139 Å². The van der Waals surface area contributed by atoms with E-state index in [0.29, 0.717) is 0 Å². The van der Waals surface area contributed by atoms with Crippen molar-refractivity contribution < 1.29 is 0 Å². The topological polar surface area (TPSA) is 0 Å². The Morgan fingerprint density at radius 3 is 1.65 bits per heavy atom. The maximum Gasteiger partial charge on any atom is -0.0181 e. The number of rotatable bonds is 19. The molecular weight excluding hydrogens is 372 g/mol. The normalized spacial score (nSPS) is 11.6. The van der Waals surface area contributed by atoms with Crippen LogP contribution in [0.3, 0.4) is 0 Å². The number of hydrogen-bond donors (Lipinski definition) is 0. The van der Waals surface area contributed by atoms with Crippen LogP contribution in [0.25, 0.3) is 10.8 Å². The number of hydrogen-bond acceptors (Lipinski definition) is 0. The molecule has 0 aliphatic heterocycles. The van der Waals surface area contributed by atoms with Crippen molar-refractivity contribution in [2.45, 2.75) is 122 Å². The van der Waals surface area contributed by atoms with Gasteiger partial charge in [-0.3, -0.25) is 0 Å². The van der Waals surface area contributed by atoms with Crippen molar-refractivity contribution in [3.8, 4) is 0 Å². The fourth-order valence-electron chi connectivity index (χ4n) is 4.50. The average Bonchev–Trinajstić information content (AvgIpc) is 2.80. The van der Waals surface area contributed by atoms with Gasteiger partial charge >= 0.3 is 0 Å². The molecule has 2 rings (SSSR count). The zero-order valence-corrected chi connectivity index (χ0v) is 20.4. The predicted molar refractivity (Wildman–Crippen MR) is 141 cm³/mol. The number of fused-ring (bicyclic) bond motifs is 1. The number of unbranched alkanes of at least 4 members (excludes halogenated alkanes) is 15. The van der Waals surface area contributed by atoms with Gasteiger partial charge in [0.2, 0.25) is 0 Å². The van der Waals surface area contributed by atoms with Crippen LogP contribution in [0.2, 0.25) is 0 Å². The Morgan fingerprint density at radius 2 is 1.03 bits per heavy atom. The number of aryl methyl sites for hydroxylation is 1. The Bertz CT molecular complexity index is 696. The molecule has 2 aromatic carbocycles. The minimum absolute atomic E-state index is 1.23. The lowest BCUT2D eigenvalue weighted by Crippen LogP contribution is -1.87. The van der Waals surface area contributed by atoms with Gasteiger partial charge in [0, 0.05) is 0 Å². The molecule has 0 amide bonds. The summed E-state index contributed by atoms with van der Waals surface area (Å²) in [6, 6.07) is 15.7. The van der Waals surface area contributed by atoms with Gasteiger partial charge in [-0.15, -0.1) is 0 Å². The van der Waals surface area contributed by atoms with Gasteiger partial charge < -0.3 is 0 Å². The van der Waals surface area contributed by atoms with E-state index >= 15 is 0 Å². The monoisotopic (exact) mass is 420 g/mol. The Kier molecular flexibility index (Phi) is 15.0. The van der Waals surface area contributed by atoms with Crippen molar-refractivity contribution in [2.75, 3.05) is 0 Å². The molecule has 0 aromatic heterocycles. The van der Waals surface area contributed by atoms with E-state index in [4.69, 9.17) is 0 Å². The van der Waals surface area contributed by atoms with Crippen LogP contribution >= 0.6 is 0 Å². The van der Waals surface area contributed by atoms with Crippen LogP contribution in [0.15, 0.2) is 54.6 Å². The Morgan fingerprint density at radius 1 is 0.516 bits per heavy atom. The third-order valence-corrected chi connectivity index (χ3v) is 6.54. The van der Waals surface area contributed by atoms with E-state index in [0.717, 1.165) is 0 Å². The molecule has 0 saturated carbocycles. The van der Waals surface area contributed by atoms with E-state index in [-0.39, 0.29) is 0 Å². The quantitative estimate of drug-likeness (QED) is 0.156. The molecule has 0 fully saturated rings. The highest BCUT2D eigenvalue weighted by molar-refractivity contribution is 5.82. The van der Waals surface area contributed by atoms with E-state index < -0.39 is 0 Å². The van der Waals surface area contributed by atoms with Crippen LogP contribution in [-0.4, -0.2) is 0 Å². The van der Waals surface area contributed by atoms with Crippen LogP contribution in [0.5, 0.6) is 0 Å². The predicted octanol–water partition coefficient (Wildman–Crippen LogP) is 10.6. The molecule has 0 heterocycles. The summed E-state index contributed by atoms with van der Waals surface area (Å²) >= 11 is 0. The Hall–Kier alpha value is -1.56. The summed E-state index contributed by atoms with van der Waals surface area (Å²) in [5.41, 5.74) is 1.50. The second kappa shape index (κ2) is 18.1. The van der Waals surface area contributed by atoms with Crippen LogP contribution in [0.1, 0.15) is 122 Å². The maximum atomic E-state index is 2.43. The first-order valence-electron chi connectivity index (χ1n) is 13.5. The molecule has 0 aliphatic carbocycles. The van der Waals surface area contributed by atoms with Crippen molar-refractivity contribution in [3.63, 3.8) is 0 Å². The molecule has 0 saturated heterocycles. The summed E-state index contributed by atoms with van der Waals surface area (Å²) in [5, 5.41) is 2.74. The molecule has 172 valence electrons. The molecule has 0 bridgehead atoms. The van der Waals surface area contributed by atoms with Crippen molar-refractivity contribution in [2.24, 2.45) is 0 Å². The number of allylic oxidation sites excluding steroid dienone is 2.